The van der Waals surface area contributed by atoms with E-state index in [0.717, 1.165) is 27.5 Å². The molecule has 4 rings (SSSR count). The number of hydrogen-bond acceptors (Lipinski definition) is 6. The van der Waals surface area contributed by atoms with E-state index >= 15 is 0 Å². The summed E-state index contributed by atoms with van der Waals surface area (Å²) in [4.78, 5) is 14.0. The van der Waals surface area contributed by atoms with Crippen molar-refractivity contribution in [3.05, 3.63) is 66.0 Å². The third-order valence-corrected chi connectivity index (χ3v) is 7.65. The molecule has 0 amide bonds. The smallest absolute Gasteiger partial charge is 0.180 e. The maximum Gasteiger partial charge on any atom is 0.180 e. The fourth-order valence-electron chi connectivity index (χ4n) is 3.21. The maximum atomic E-state index is 12.8. The Balaban J connectivity index is 1.82. The molecule has 6 nitrogen and oxygen atoms in total. The fraction of sp³-hybridized carbons (Fsp3) is 0.227. The van der Waals surface area contributed by atoms with Crippen LogP contribution in [0.2, 0.25) is 0 Å². The van der Waals surface area contributed by atoms with Crippen LogP contribution in [0.15, 0.2) is 64.6 Å². The molecular weight excluding hydrogens is 416 g/mol. The number of hydrogen-bond donors (Lipinski definition) is 0. The van der Waals surface area contributed by atoms with Gasteiger partial charge in [-0.1, -0.05) is 37.3 Å². The molecule has 0 spiro atoms. The van der Waals surface area contributed by atoms with Crippen LogP contribution in [0.4, 0.5) is 0 Å². The number of aromatic nitrogens is 4. The number of nitrogens with zero attached hydrogens (tertiary/aromatic N) is 4. The van der Waals surface area contributed by atoms with Gasteiger partial charge in [0.15, 0.2) is 15.7 Å². The lowest BCUT2D eigenvalue weighted by Crippen LogP contribution is -2.09. The van der Waals surface area contributed by atoms with Crippen molar-refractivity contribution in [3.63, 3.8) is 0 Å². The molecule has 0 N–H and O–H groups in total. The lowest BCUT2D eigenvalue weighted by molar-refractivity contribution is 0.597. The first kappa shape index (κ1) is 20.6. The Kier molecular flexibility index (Phi) is 5.62. The quantitative estimate of drug-likeness (QED) is 0.415. The maximum absolute atomic E-state index is 12.8. The van der Waals surface area contributed by atoms with Gasteiger partial charge in [-0.15, -0.1) is 11.8 Å². The third kappa shape index (κ3) is 3.97. The van der Waals surface area contributed by atoms with Gasteiger partial charge in [0.2, 0.25) is 0 Å². The Labute approximate surface area is 180 Å². The standard InChI is InChI=1S/C22H22N4O2S2/c1-4-30(27,28)19-10-11-20(29-14-16-8-6-5-7-9-16)25-21(19)22-24-17-12-15(2)23-13-18(17)26(22)3/h5-13H,4,14H2,1-3H3. The van der Waals surface area contributed by atoms with Crippen LogP contribution >= 0.6 is 11.8 Å². The molecule has 1 aromatic carbocycles. The first-order valence-electron chi connectivity index (χ1n) is 9.59. The lowest BCUT2D eigenvalue weighted by Gasteiger charge is -2.11. The number of thioether (sulfide) groups is 1. The second-order valence-electron chi connectivity index (χ2n) is 6.98. The molecule has 4 aromatic rings. The minimum Gasteiger partial charge on any atom is -0.324 e. The van der Waals surface area contributed by atoms with Crippen LogP contribution in [0, 0.1) is 6.92 Å². The van der Waals surface area contributed by atoms with Crippen LogP contribution in [0.25, 0.3) is 22.6 Å². The van der Waals surface area contributed by atoms with Crippen LogP contribution in [0.5, 0.6) is 0 Å². The predicted octanol–water partition coefficient (Wildman–Crippen LogP) is 4.42. The Hall–Kier alpha value is -2.71. The van der Waals surface area contributed by atoms with Crippen molar-refractivity contribution in [1.82, 2.24) is 19.5 Å². The van der Waals surface area contributed by atoms with Crippen molar-refractivity contribution in [2.24, 2.45) is 7.05 Å². The van der Waals surface area contributed by atoms with Crippen molar-refractivity contribution in [3.8, 4) is 11.5 Å². The second kappa shape index (κ2) is 8.20. The molecule has 3 aromatic heterocycles. The summed E-state index contributed by atoms with van der Waals surface area (Å²) in [5, 5.41) is 0.755. The molecule has 0 saturated heterocycles. The highest BCUT2D eigenvalue weighted by molar-refractivity contribution is 7.98. The van der Waals surface area contributed by atoms with Gasteiger partial charge in [0, 0.05) is 18.5 Å². The monoisotopic (exact) mass is 438 g/mol. The van der Waals surface area contributed by atoms with Crippen molar-refractivity contribution >= 4 is 32.6 Å². The summed E-state index contributed by atoms with van der Waals surface area (Å²) in [6.07, 6.45) is 1.75. The number of pyridine rings is 2. The van der Waals surface area contributed by atoms with E-state index in [1.54, 1.807) is 37.0 Å². The second-order valence-corrected chi connectivity index (χ2v) is 10.2. The Bertz CT molecular complexity index is 1320. The molecular formula is C22H22N4O2S2. The Morgan fingerprint density at radius 3 is 2.57 bits per heavy atom. The average Bonchev–Trinajstić information content (AvgIpc) is 3.08. The molecule has 0 atom stereocenters. The minimum atomic E-state index is -3.46. The molecule has 0 aliphatic rings. The highest BCUT2D eigenvalue weighted by Crippen LogP contribution is 2.31. The number of aryl methyl sites for hydroxylation is 2. The zero-order valence-electron chi connectivity index (χ0n) is 17.0. The summed E-state index contributed by atoms with van der Waals surface area (Å²) in [6, 6.07) is 15.4. The van der Waals surface area contributed by atoms with Crippen molar-refractivity contribution in [2.75, 3.05) is 5.75 Å². The summed E-state index contributed by atoms with van der Waals surface area (Å²) in [5.74, 6) is 1.27. The Morgan fingerprint density at radius 1 is 1.07 bits per heavy atom. The van der Waals surface area contributed by atoms with Crippen LogP contribution in [-0.4, -0.2) is 33.7 Å². The minimum absolute atomic E-state index is 0.00277. The number of sulfone groups is 1. The van der Waals surface area contributed by atoms with Crippen LogP contribution in [0.3, 0.4) is 0 Å². The van der Waals surface area contributed by atoms with Gasteiger partial charge in [0.1, 0.15) is 5.69 Å². The summed E-state index contributed by atoms with van der Waals surface area (Å²) < 4.78 is 27.4. The van der Waals surface area contributed by atoms with E-state index in [1.807, 2.05) is 42.8 Å². The molecule has 0 unspecified atom stereocenters. The molecule has 0 aliphatic heterocycles. The van der Waals surface area contributed by atoms with Crippen LogP contribution in [0.1, 0.15) is 18.2 Å². The summed E-state index contributed by atoms with van der Waals surface area (Å²) in [7, 11) is -1.61. The van der Waals surface area contributed by atoms with Gasteiger partial charge in [-0.3, -0.25) is 4.98 Å². The molecule has 0 fully saturated rings. The van der Waals surface area contributed by atoms with E-state index in [-0.39, 0.29) is 10.6 Å². The number of rotatable bonds is 6. The molecule has 0 bridgehead atoms. The van der Waals surface area contributed by atoms with Crippen LogP contribution < -0.4 is 0 Å². The molecule has 0 aliphatic carbocycles. The van der Waals surface area contributed by atoms with E-state index < -0.39 is 9.84 Å². The first-order valence-corrected chi connectivity index (χ1v) is 12.2. The molecule has 0 saturated carbocycles. The van der Waals surface area contributed by atoms with Gasteiger partial charge in [-0.2, -0.15) is 0 Å². The largest absolute Gasteiger partial charge is 0.324 e. The fourth-order valence-corrected chi connectivity index (χ4v) is 5.05. The van der Waals surface area contributed by atoms with E-state index in [1.165, 1.54) is 5.56 Å². The van der Waals surface area contributed by atoms with Gasteiger partial charge in [0.05, 0.1) is 32.9 Å². The Morgan fingerprint density at radius 2 is 1.83 bits per heavy atom. The van der Waals surface area contributed by atoms with Crippen LogP contribution in [-0.2, 0) is 22.6 Å². The summed E-state index contributed by atoms with van der Waals surface area (Å²) in [5.41, 5.74) is 4.02. The van der Waals surface area contributed by atoms with E-state index in [4.69, 9.17) is 9.97 Å². The normalized spacial score (nSPS) is 11.8. The van der Waals surface area contributed by atoms with Gasteiger partial charge >= 0.3 is 0 Å². The molecule has 0 radical (unpaired) electrons. The van der Waals surface area contributed by atoms with E-state index in [9.17, 15) is 8.42 Å². The van der Waals surface area contributed by atoms with Crippen molar-refractivity contribution in [2.45, 2.75) is 29.5 Å². The SMILES string of the molecule is CCS(=O)(=O)c1ccc(SCc2ccccc2)nc1-c1nc2cc(C)ncc2n1C. The van der Waals surface area contributed by atoms with E-state index in [2.05, 4.69) is 17.1 Å². The lowest BCUT2D eigenvalue weighted by atomic mass is 10.2. The van der Waals surface area contributed by atoms with Gasteiger partial charge in [-0.25, -0.2) is 18.4 Å². The summed E-state index contributed by atoms with van der Waals surface area (Å²) >= 11 is 1.57. The third-order valence-electron chi connectivity index (χ3n) is 4.89. The highest BCUT2D eigenvalue weighted by Gasteiger charge is 2.23. The number of benzene rings is 1. The topological polar surface area (TPSA) is 77.7 Å². The predicted molar refractivity (Wildman–Crippen MR) is 120 cm³/mol. The number of fused-ring (bicyclic) bond motifs is 1. The zero-order valence-corrected chi connectivity index (χ0v) is 18.7. The molecule has 154 valence electrons. The first-order chi connectivity index (χ1) is 14.4. The molecule has 30 heavy (non-hydrogen) atoms. The van der Waals surface area contributed by atoms with Crippen molar-refractivity contribution in [1.29, 1.82) is 0 Å². The van der Waals surface area contributed by atoms with E-state index in [0.29, 0.717) is 11.5 Å². The zero-order chi connectivity index (χ0) is 21.3. The van der Waals surface area contributed by atoms with Gasteiger partial charge in [0.25, 0.3) is 0 Å². The molecule has 3 heterocycles. The highest BCUT2D eigenvalue weighted by atomic mass is 32.2. The van der Waals surface area contributed by atoms with Crippen molar-refractivity contribution < 1.29 is 8.42 Å². The summed E-state index contributed by atoms with van der Waals surface area (Å²) in [6.45, 7) is 3.54. The van der Waals surface area contributed by atoms with Gasteiger partial charge in [-0.05, 0) is 30.7 Å². The average molecular weight is 439 g/mol. The number of imidazole rings is 1. The van der Waals surface area contributed by atoms with Gasteiger partial charge < -0.3 is 4.57 Å². The molecule has 8 heteroatoms.